The molecule has 4 rings (SSSR count). The van der Waals surface area contributed by atoms with Crippen LogP contribution in [0.1, 0.15) is 18.5 Å². The van der Waals surface area contributed by atoms with E-state index in [-0.39, 0.29) is 11.9 Å². The van der Waals surface area contributed by atoms with E-state index in [0.717, 1.165) is 48.9 Å². The monoisotopic (exact) mass is 397 g/mol. The fourth-order valence-electron chi connectivity index (χ4n) is 3.78. The van der Waals surface area contributed by atoms with Gasteiger partial charge in [-0.1, -0.05) is 18.2 Å². The summed E-state index contributed by atoms with van der Waals surface area (Å²) in [6, 6.07) is 13.1. The van der Waals surface area contributed by atoms with Gasteiger partial charge in [-0.2, -0.15) is 0 Å². The first-order valence-corrected chi connectivity index (χ1v) is 10.0. The predicted octanol–water partition coefficient (Wildman–Crippen LogP) is 2.16. The van der Waals surface area contributed by atoms with Gasteiger partial charge in [-0.25, -0.2) is 0 Å². The molecule has 2 aliphatic rings. The largest absolute Gasteiger partial charge is 0.506 e. The number of phenols is 1. The second-order valence-electron chi connectivity index (χ2n) is 7.44. The summed E-state index contributed by atoms with van der Waals surface area (Å²) in [5.41, 5.74) is 1.84. The molecule has 7 nitrogen and oxygen atoms in total. The van der Waals surface area contributed by atoms with Gasteiger partial charge in [0.25, 0.3) is 0 Å². The summed E-state index contributed by atoms with van der Waals surface area (Å²) in [6.45, 7) is 6.56. The highest BCUT2D eigenvalue weighted by atomic mass is 16.6. The summed E-state index contributed by atoms with van der Waals surface area (Å²) >= 11 is 0. The number of fused-ring (bicyclic) bond motifs is 1. The van der Waals surface area contributed by atoms with Crippen LogP contribution in [-0.2, 0) is 4.79 Å². The van der Waals surface area contributed by atoms with Crippen LogP contribution in [0.15, 0.2) is 42.5 Å². The number of amides is 1. The van der Waals surface area contributed by atoms with Crippen LogP contribution in [0.2, 0.25) is 0 Å². The Morgan fingerprint density at radius 2 is 1.79 bits per heavy atom. The molecule has 0 bridgehead atoms. The number of carbonyl (C=O) groups excluding carboxylic acids is 1. The van der Waals surface area contributed by atoms with Crippen LogP contribution < -0.4 is 19.7 Å². The van der Waals surface area contributed by atoms with E-state index in [9.17, 15) is 9.90 Å². The van der Waals surface area contributed by atoms with E-state index in [0.29, 0.717) is 25.5 Å². The first kappa shape index (κ1) is 19.4. The summed E-state index contributed by atoms with van der Waals surface area (Å²) in [7, 11) is 0. The second-order valence-corrected chi connectivity index (χ2v) is 7.44. The highest BCUT2D eigenvalue weighted by Gasteiger charge is 2.22. The van der Waals surface area contributed by atoms with Gasteiger partial charge < -0.3 is 24.8 Å². The van der Waals surface area contributed by atoms with E-state index in [1.807, 2.05) is 43.3 Å². The van der Waals surface area contributed by atoms with Crippen LogP contribution in [-0.4, -0.2) is 61.9 Å². The van der Waals surface area contributed by atoms with Gasteiger partial charge in [-0.15, -0.1) is 0 Å². The zero-order chi connectivity index (χ0) is 20.2. The number of piperazine rings is 1. The summed E-state index contributed by atoms with van der Waals surface area (Å²) < 4.78 is 11.2. The third kappa shape index (κ3) is 4.56. The first-order valence-electron chi connectivity index (χ1n) is 10.0. The van der Waals surface area contributed by atoms with Gasteiger partial charge in [0, 0.05) is 26.2 Å². The number of phenolic OH excluding ortho intramolecular Hbond substituents is 1. The molecule has 1 atom stereocenters. The minimum atomic E-state index is -0.110. The molecule has 0 aromatic heterocycles. The summed E-state index contributed by atoms with van der Waals surface area (Å²) in [5, 5.41) is 13.1. The molecule has 1 fully saturated rings. The second kappa shape index (κ2) is 8.61. The number of aromatic hydroxyl groups is 1. The number of anilines is 1. The third-order valence-electron chi connectivity index (χ3n) is 5.41. The lowest BCUT2D eigenvalue weighted by Gasteiger charge is -2.36. The summed E-state index contributed by atoms with van der Waals surface area (Å²) in [4.78, 5) is 16.8. The lowest BCUT2D eigenvalue weighted by molar-refractivity contribution is -0.123. The molecule has 0 spiro atoms. The fourth-order valence-corrected chi connectivity index (χ4v) is 3.78. The van der Waals surface area contributed by atoms with Crippen LogP contribution in [0, 0.1) is 0 Å². The Balaban J connectivity index is 1.27. The highest BCUT2D eigenvalue weighted by Crippen LogP contribution is 2.32. The molecule has 29 heavy (non-hydrogen) atoms. The summed E-state index contributed by atoms with van der Waals surface area (Å²) in [5.74, 6) is 1.78. The number of para-hydroxylation sites is 2. The van der Waals surface area contributed by atoms with Crippen molar-refractivity contribution in [3.8, 4) is 17.2 Å². The van der Waals surface area contributed by atoms with E-state index in [1.54, 1.807) is 6.07 Å². The maximum Gasteiger partial charge on any atom is 0.234 e. The topological polar surface area (TPSA) is 74.3 Å². The van der Waals surface area contributed by atoms with E-state index < -0.39 is 0 Å². The molecule has 0 saturated carbocycles. The SMILES string of the molecule is C[C@H](NC(=O)CN1CCN(c2ccccc2O)CC1)c1ccc2c(c1)OCCO2. The van der Waals surface area contributed by atoms with Crippen molar-refractivity contribution in [2.24, 2.45) is 0 Å². The van der Waals surface area contributed by atoms with Crippen molar-refractivity contribution in [3.63, 3.8) is 0 Å². The van der Waals surface area contributed by atoms with Gasteiger partial charge in [0.2, 0.25) is 5.91 Å². The van der Waals surface area contributed by atoms with E-state index >= 15 is 0 Å². The molecule has 2 aromatic rings. The molecule has 2 aromatic carbocycles. The van der Waals surface area contributed by atoms with Gasteiger partial charge in [0.1, 0.15) is 19.0 Å². The molecule has 154 valence electrons. The van der Waals surface area contributed by atoms with Crippen LogP contribution in [0.25, 0.3) is 0 Å². The number of carbonyl (C=O) groups is 1. The minimum absolute atomic E-state index is 0.00315. The molecular formula is C22H27N3O4. The number of hydrogen-bond donors (Lipinski definition) is 2. The zero-order valence-corrected chi connectivity index (χ0v) is 16.6. The van der Waals surface area contributed by atoms with E-state index in [4.69, 9.17) is 9.47 Å². The number of nitrogens with one attached hydrogen (secondary N) is 1. The van der Waals surface area contributed by atoms with Crippen molar-refractivity contribution >= 4 is 11.6 Å². The molecule has 0 unspecified atom stereocenters. The fraction of sp³-hybridized carbons (Fsp3) is 0.409. The highest BCUT2D eigenvalue weighted by molar-refractivity contribution is 5.78. The van der Waals surface area contributed by atoms with Crippen molar-refractivity contribution in [2.45, 2.75) is 13.0 Å². The Hall–Kier alpha value is -2.93. The predicted molar refractivity (Wildman–Crippen MR) is 111 cm³/mol. The van der Waals surface area contributed by atoms with Crippen LogP contribution in [0.4, 0.5) is 5.69 Å². The van der Waals surface area contributed by atoms with Crippen molar-refractivity contribution in [1.82, 2.24) is 10.2 Å². The Morgan fingerprint density at radius 3 is 2.55 bits per heavy atom. The van der Waals surface area contributed by atoms with Crippen molar-refractivity contribution < 1.29 is 19.4 Å². The maximum absolute atomic E-state index is 12.5. The van der Waals surface area contributed by atoms with Crippen molar-refractivity contribution in [1.29, 1.82) is 0 Å². The smallest absolute Gasteiger partial charge is 0.234 e. The van der Waals surface area contributed by atoms with Gasteiger partial charge >= 0.3 is 0 Å². The minimum Gasteiger partial charge on any atom is -0.506 e. The number of benzene rings is 2. The summed E-state index contributed by atoms with van der Waals surface area (Å²) in [6.07, 6.45) is 0. The molecule has 2 aliphatic heterocycles. The van der Waals surface area contributed by atoms with E-state index in [2.05, 4.69) is 15.1 Å². The standard InChI is InChI=1S/C22H27N3O4/c1-16(17-6-7-20-21(14-17)29-13-12-28-20)23-22(27)15-24-8-10-25(11-9-24)18-4-2-3-5-19(18)26/h2-7,14,16,26H,8-13,15H2,1H3,(H,23,27)/t16-/m0/s1. The van der Waals surface area contributed by atoms with Gasteiger partial charge in [-0.3, -0.25) is 9.69 Å². The first-order chi connectivity index (χ1) is 14.1. The van der Waals surface area contributed by atoms with E-state index in [1.165, 1.54) is 0 Å². The Morgan fingerprint density at radius 1 is 1.07 bits per heavy atom. The molecule has 0 aliphatic carbocycles. The number of rotatable bonds is 5. The van der Waals surface area contributed by atoms with Gasteiger partial charge in [0.05, 0.1) is 18.3 Å². The van der Waals surface area contributed by atoms with Crippen molar-refractivity contribution in [3.05, 3.63) is 48.0 Å². The van der Waals surface area contributed by atoms with Gasteiger partial charge in [-0.05, 0) is 36.8 Å². The molecule has 7 heteroatoms. The number of hydrogen-bond acceptors (Lipinski definition) is 6. The zero-order valence-electron chi connectivity index (χ0n) is 16.6. The molecule has 2 heterocycles. The average molecular weight is 397 g/mol. The van der Waals surface area contributed by atoms with Crippen LogP contribution in [0.3, 0.4) is 0 Å². The lowest BCUT2D eigenvalue weighted by Crippen LogP contribution is -2.49. The average Bonchev–Trinajstić information content (AvgIpc) is 2.74. The molecule has 1 saturated heterocycles. The Kier molecular flexibility index (Phi) is 5.76. The molecular weight excluding hydrogens is 370 g/mol. The molecule has 1 amide bonds. The molecule has 0 radical (unpaired) electrons. The maximum atomic E-state index is 12.5. The number of ether oxygens (including phenoxy) is 2. The third-order valence-corrected chi connectivity index (χ3v) is 5.41. The Bertz CT molecular complexity index is 865. The quantitative estimate of drug-likeness (QED) is 0.806. The Labute approximate surface area is 170 Å². The van der Waals surface area contributed by atoms with Crippen molar-refractivity contribution in [2.75, 3.05) is 50.8 Å². The van der Waals surface area contributed by atoms with Crippen LogP contribution >= 0.6 is 0 Å². The number of nitrogens with zero attached hydrogens (tertiary/aromatic N) is 2. The normalized spacial score (nSPS) is 17.6. The van der Waals surface area contributed by atoms with Crippen LogP contribution in [0.5, 0.6) is 17.2 Å². The lowest BCUT2D eigenvalue weighted by atomic mass is 10.1. The molecule has 2 N–H and O–H groups in total. The van der Waals surface area contributed by atoms with Gasteiger partial charge in [0.15, 0.2) is 11.5 Å².